The predicted molar refractivity (Wildman–Crippen MR) is 106 cm³/mol. The number of likely N-dealkylation sites (N-methyl/N-ethyl adjacent to an activating group) is 1. The molecule has 2 aromatic carbocycles. The third kappa shape index (κ3) is 3.28. The molecule has 0 spiro atoms. The molecule has 1 atom stereocenters. The molecule has 0 saturated heterocycles. The molecule has 2 heterocycles. The highest BCUT2D eigenvalue weighted by atomic mass is 19.4. The Labute approximate surface area is 179 Å². The molecule has 2 N–H and O–H groups in total. The molecule has 1 unspecified atom stereocenters. The van der Waals surface area contributed by atoms with Crippen LogP contribution >= 0.6 is 0 Å². The van der Waals surface area contributed by atoms with E-state index in [4.69, 9.17) is 5.73 Å². The number of carbonyl (C=O) groups excluding carboxylic acids is 1. The van der Waals surface area contributed by atoms with E-state index >= 15 is 0 Å². The lowest BCUT2D eigenvalue weighted by atomic mass is 9.81. The molecule has 0 fully saturated rings. The van der Waals surface area contributed by atoms with Crippen LogP contribution in [0.1, 0.15) is 16.8 Å². The number of carbonyl (C=O) groups is 1. The van der Waals surface area contributed by atoms with Gasteiger partial charge in [-0.2, -0.15) is 13.2 Å². The van der Waals surface area contributed by atoms with Crippen LogP contribution in [0.15, 0.2) is 65.8 Å². The van der Waals surface area contributed by atoms with Crippen molar-refractivity contribution < 1.29 is 26.7 Å². The maximum absolute atomic E-state index is 14.6. The van der Waals surface area contributed by atoms with E-state index in [0.29, 0.717) is 6.07 Å². The van der Waals surface area contributed by atoms with Crippen molar-refractivity contribution in [2.45, 2.75) is 11.7 Å². The normalized spacial score (nSPS) is 18.8. The van der Waals surface area contributed by atoms with Gasteiger partial charge in [-0.1, -0.05) is 24.3 Å². The Morgan fingerprint density at radius 3 is 2.22 bits per heavy atom. The van der Waals surface area contributed by atoms with Crippen LogP contribution in [0.25, 0.3) is 11.1 Å². The molecule has 0 radical (unpaired) electrons. The zero-order chi connectivity index (χ0) is 23.3. The number of aliphatic imine (C=N–C) groups is 1. The summed E-state index contributed by atoms with van der Waals surface area (Å²) in [5.74, 6) is -2.48. The molecular weight excluding hydrogens is 431 g/mol. The summed E-state index contributed by atoms with van der Waals surface area (Å²) < 4.78 is 68.9. The average molecular weight is 446 g/mol. The zero-order valence-corrected chi connectivity index (χ0v) is 16.5. The van der Waals surface area contributed by atoms with Gasteiger partial charge in [0.15, 0.2) is 11.5 Å². The summed E-state index contributed by atoms with van der Waals surface area (Å²) in [6.45, 7) is 0. The first-order valence-electron chi connectivity index (χ1n) is 9.28. The van der Waals surface area contributed by atoms with E-state index in [0.717, 1.165) is 23.2 Å². The monoisotopic (exact) mass is 446 g/mol. The number of alkyl halides is 3. The van der Waals surface area contributed by atoms with Gasteiger partial charge in [0.2, 0.25) is 0 Å². The van der Waals surface area contributed by atoms with Gasteiger partial charge in [0.1, 0.15) is 17.3 Å². The quantitative estimate of drug-likeness (QED) is 0.617. The van der Waals surface area contributed by atoms with Crippen molar-refractivity contribution in [3.63, 3.8) is 0 Å². The summed E-state index contributed by atoms with van der Waals surface area (Å²) in [7, 11) is 1.32. The molecular formula is C22H15F5N4O. The summed E-state index contributed by atoms with van der Waals surface area (Å²) in [5.41, 5.74) is 2.16. The Kier molecular flexibility index (Phi) is 4.95. The van der Waals surface area contributed by atoms with E-state index in [1.807, 2.05) is 0 Å². The van der Waals surface area contributed by atoms with Crippen molar-refractivity contribution in [3.8, 4) is 11.1 Å². The maximum atomic E-state index is 14.6. The molecule has 5 nitrogen and oxygen atoms in total. The second kappa shape index (κ2) is 7.40. The van der Waals surface area contributed by atoms with Gasteiger partial charge in [-0.15, -0.1) is 0 Å². The lowest BCUT2D eigenvalue weighted by Gasteiger charge is -2.27. The Morgan fingerprint density at radius 1 is 0.938 bits per heavy atom. The fraction of sp³-hybridized carbons (Fsp3) is 0.136. The van der Waals surface area contributed by atoms with Gasteiger partial charge in [-0.3, -0.25) is 14.7 Å². The van der Waals surface area contributed by atoms with Gasteiger partial charge in [0.05, 0.1) is 0 Å². The number of hydrogen-bond donors (Lipinski definition) is 1. The summed E-state index contributed by atoms with van der Waals surface area (Å²) in [6, 6.07) is 10.7. The van der Waals surface area contributed by atoms with Crippen LogP contribution in [0.4, 0.5) is 22.0 Å². The smallest absolute Gasteiger partial charge is 0.369 e. The first kappa shape index (κ1) is 21.4. The summed E-state index contributed by atoms with van der Waals surface area (Å²) in [4.78, 5) is 21.8. The molecule has 4 rings (SSSR count). The minimum absolute atomic E-state index is 0.0220. The molecule has 1 aliphatic rings. The number of benzene rings is 2. The molecule has 0 bridgehead atoms. The summed E-state index contributed by atoms with van der Waals surface area (Å²) in [6.07, 6.45) is -3.88. The van der Waals surface area contributed by atoms with Crippen molar-refractivity contribution in [2.24, 2.45) is 10.7 Å². The topological polar surface area (TPSA) is 71.6 Å². The van der Waals surface area contributed by atoms with Crippen LogP contribution in [0.5, 0.6) is 0 Å². The predicted octanol–water partition coefficient (Wildman–Crippen LogP) is 4.08. The molecule has 1 aliphatic heterocycles. The largest absolute Gasteiger partial charge is 0.433 e. The van der Waals surface area contributed by atoms with Crippen molar-refractivity contribution in [1.82, 2.24) is 9.88 Å². The second-order valence-electron chi connectivity index (χ2n) is 7.15. The molecule has 0 saturated carbocycles. The van der Waals surface area contributed by atoms with Crippen molar-refractivity contribution in [1.29, 1.82) is 0 Å². The van der Waals surface area contributed by atoms with Gasteiger partial charge in [0.25, 0.3) is 5.91 Å². The maximum Gasteiger partial charge on any atom is 0.433 e. The standard InChI is InChI=1S/C22H15F5N4O/c1-31-19(32)21(30-20(31)28,13-8-9-29-18(11-13)22(25,26)27)12-6-7-17(24)15(10-12)14-4-2-3-5-16(14)23/h2-11H,1H3,(H2,28,30). The molecule has 1 amide bonds. The molecule has 0 aliphatic carbocycles. The van der Waals surface area contributed by atoms with Crippen LogP contribution < -0.4 is 5.73 Å². The first-order chi connectivity index (χ1) is 15.1. The molecule has 1 aromatic heterocycles. The Balaban J connectivity index is 2.00. The van der Waals surface area contributed by atoms with Gasteiger partial charge in [0, 0.05) is 24.4 Å². The number of hydrogen-bond acceptors (Lipinski definition) is 4. The zero-order valence-electron chi connectivity index (χ0n) is 16.5. The average Bonchev–Trinajstić information content (AvgIpc) is 2.99. The molecule has 164 valence electrons. The van der Waals surface area contributed by atoms with Crippen LogP contribution in [0.3, 0.4) is 0 Å². The third-order valence-corrected chi connectivity index (χ3v) is 5.26. The lowest BCUT2D eigenvalue weighted by molar-refractivity contribution is -0.141. The highest BCUT2D eigenvalue weighted by molar-refractivity contribution is 6.09. The Morgan fingerprint density at radius 2 is 1.59 bits per heavy atom. The first-order valence-corrected chi connectivity index (χ1v) is 9.28. The van der Waals surface area contributed by atoms with E-state index in [9.17, 15) is 26.7 Å². The lowest BCUT2D eigenvalue weighted by Crippen LogP contribution is -2.41. The second-order valence-corrected chi connectivity index (χ2v) is 7.15. The Hall–Kier alpha value is -3.82. The van der Waals surface area contributed by atoms with Gasteiger partial charge in [-0.25, -0.2) is 13.8 Å². The fourth-order valence-electron chi connectivity index (χ4n) is 3.63. The molecule has 3 aromatic rings. The number of aromatic nitrogens is 1. The Bertz CT molecular complexity index is 1260. The SMILES string of the molecule is CN1C(=O)C(c2ccnc(C(F)(F)F)c2)(c2ccc(F)c(-c3ccccc3F)c2)N=C1N. The molecule has 32 heavy (non-hydrogen) atoms. The number of amides is 1. The van der Waals surface area contributed by atoms with Crippen LogP contribution in [-0.2, 0) is 16.5 Å². The number of rotatable bonds is 3. The highest BCUT2D eigenvalue weighted by Gasteiger charge is 2.50. The van der Waals surface area contributed by atoms with Crippen molar-refractivity contribution in [2.75, 3.05) is 7.05 Å². The molecule has 10 heteroatoms. The number of halogens is 5. The summed E-state index contributed by atoms with van der Waals surface area (Å²) in [5, 5.41) is 0. The van der Waals surface area contributed by atoms with E-state index in [1.54, 1.807) is 0 Å². The van der Waals surface area contributed by atoms with Gasteiger partial charge in [-0.05, 0) is 41.5 Å². The van der Waals surface area contributed by atoms with Crippen molar-refractivity contribution >= 4 is 11.9 Å². The minimum atomic E-state index is -4.78. The van der Waals surface area contributed by atoms with E-state index in [1.165, 1.54) is 43.4 Å². The third-order valence-electron chi connectivity index (χ3n) is 5.26. The van der Waals surface area contributed by atoms with Crippen molar-refractivity contribution in [3.05, 3.63) is 89.2 Å². The number of nitrogens with two attached hydrogens (primary N) is 1. The number of guanidine groups is 1. The van der Waals surface area contributed by atoms with Gasteiger partial charge >= 0.3 is 6.18 Å². The minimum Gasteiger partial charge on any atom is -0.369 e. The van der Waals surface area contributed by atoms with Crippen LogP contribution in [-0.4, -0.2) is 28.8 Å². The van der Waals surface area contributed by atoms with Crippen LogP contribution in [0.2, 0.25) is 0 Å². The van der Waals surface area contributed by atoms with E-state index < -0.39 is 35.0 Å². The number of nitrogens with zero attached hydrogens (tertiary/aromatic N) is 3. The summed E-state index contributed by atoms with van der Waals surface area (Å²) >= 11 is 0. The van der Waals surface area contributed by atoms with Gasteiger partial charge < -0.3 is 5.73 Å². The van der Waals surface area contributed by atoms with Crippen LogP contribution in [0, 0.1) is 11.6 Å². The number of pyridine rings is 1. The van der Waals surface area contributed by atoms with E-state index in [2.05, 4.69) is 9.98 Å². The highest BCUT2D eigenvalue weighted by Crippen LogP contribution is 2.42. The fourth-order valence-corrected chi connectivity index (χ4v) is 3.63. The van der Waals surface area contributed by atoms with E-state index in [-0.39, 0.29) is 28.2 Å².